The largest absolute Gasteiger partial charge is 0.493 e. The predicted octanol–water partition coefficient (Wildman–Crippen LogP) is 4.83. The zero-order chi connectivity index (χ0) is 26.2. The number of ether oxygens (including phenoxy) is 2. The topological polar surface area (TPSA) is 97.1 Å². The van der Waals surface area contributed by atoms with Crippen LogP contribution in [0.25, 0.3) is 22.2 Å². The van der Waals surface area contributed by atoms with Crippen molar-refractivity contribution in [3.05, 3.63) is 88.7 Å². The Labute approximate surface area is 211 Å². The molecule has 37 heavy (non-hydrogen) atoms. The molecule has 1 N–H and O–H groups in total. The molecule has 0 unspecified atom stereocenters. The molecule has 7 nitrogen and oxygen atoms in total. The van der Waals surface area contributed by atoms with Gasteiger partial charge in [-0.25, -0.2) is 13.8 Å². The molecule has 186 valence electrons. The fraction of sp³-hybridized carbons (Fsp3) is 0.214. The number of carbonyl (C=O) groups excluding carboxylic acids is 1. The number of methoxy groups -OCH3 is 1. The van der Waals surface area contributed by atoms with Crippen molar-refractivity contribution >= 4 is 16.8 Å². The van der Waals surface area contributed by atoms with Crippen LogP contribution in [0.5, 0.6) is 5.75 Å². The fourth-order valence-electron chi connectivity index (χ4n) is 4.43. The maximum atomic E-state index is 14.2. The number of aromatic nitrogens is 2. The number of carbonyl (C=O) groups is 1. The van der Waals surface area contributed by atoms with Crippen LogP contribution < -0.4 is 10.1 Å². The van der Waals surface area contributed by atoms with E-state index in [1.54, 1.807) is 43.5 Å². The summed E-state index contributed by atoms with van der Waals surface area (Å²) in [5.41, 5.74) is 2.92. The minimum atomic E-state index is -0.819. The highest BCUT2D eigenvalue weighted by atomic mass is 19.1. The Morgan fingerprint density at radius 3 is 2.84 bits per heavy atom. The lowest BCUT2D eigenvalue weighted by Crippen LogP contribution is -2.33. The van der Waals surface area contributed by atoms with Gasteiger partial charge in [0.25, 0.3) is 5.91 Å². The van der Waals surface area contributed by atoms with Crippen LogP contribution in [0.3, 0.4) is 0 Å². The average Bonchev–Trinajstić information content (AvgIpc) is 2.91. The molecule has 4 aromatic rings. The van der Waals surface area contributed by atoms with Crippen LogP contribution in [0.2, 0.25) is 0 Å². The maximum absolute atomic E-state index is 14.2. The lowest BCUT2D eigenvalue weighted by Gasteiger charge is -2.30. The number of hydrogen-bond donors (Lipinski definition) is 1. The Kier molecular flexibility index (Phi) is 6.27. The second kappa shape index (κ2) is 9.56. The van der Waals surface area contributed by atoms with Gasteiger partial charge in [0, 0.05) is 28.8 Å². The number of amides is 1. The number of pyridine rings is 2. The van der Waals surface area contributed by atoms with Crippen molar-refractivity contribution in [2.24, 2.45) is 0 Å². The standard InChI is InChI=1S/C28H22F2N4O3/c1-28(14-31)15-37-13-18-4-3-16(7-22(18)28)27(35)33-12-20-10-25-17(11-32-20)5-6-24(34-25)21-8-19(29)9-23(30)26(21)36-2/h3-11H,12-13,15H2,1-2H3,(H,33,35)/t28-/m1/s1. The van der Waals surface area contributed by atoms with Gasteiger partial charge in [0.1, 0.15) is 11.2 Å². The third-order valence-electron chi connectivity index (χ3n) is 6.41. The van der Waals surface area contributed by atoms with E-state index in [2.05, 4.69) is 21.4 Å². The summed E-state index contributed by atoms with van der Waals surface area (Å²) >= 11 is 0. The molecule has 0 bridgehead atoms. The molecular formula is C28H22F2N4O3. The molecule has 2 aromatic heterocycles. The van der Waals surface area contributed by atoms with Gasteiger partial charge in [-0.2, -0.15) is 5.26 Å². The van der Waals surface area contributed by atoms with Crippen molar-refractivity contribution in [3.63, 3.8) is 0 Å². The van der Waals surface area contributed by atoms with Gasteiger partial charge in [-0.3, -0.25) is 9.78 Å². The van der Waals surface area contributed by atoms with E-state index in [4.69, 9.17) is 9.47 Å². The summed E-state index contributed by atoms with van der Waals surface area (Å²) in [5, 5.41) is 13.2. The first-order chi connectivity index (χ1) is 17.8. The molecule has 0 saturated carbocycles. The van der Waals surface area contributed by atoms with Crippen molar-refractivity contribution in [2.45, 2.75) is 25.5 Å². The zero-order valence-electron chi connectivity index (χ0n) is 20.1. The lowest BCUT2D eigenvalue weighted by atomic mass is 9.79. The molecule has 1 amide bonds. The number of nitrogens with one attached hydrogen (secondary N) is 1. The summed E-state index contributed by atoms with van der Waals surface area (Å²) in [5.74, 6) is -1.96. The van der Waals surface area contributed by atoms with E-state index in [0.29, 0.717) is 29.1 Å². The summed E-state index contributed by atoms with van der Waals surface area (Å²) in [6.07, 6.45) is 1.62. The van der Waals surface area contributed by atoms with Gasteiger partial charge in [-0.05, 0) is 54.4 Å². The van der Waals surface area contributed by atoms with Crippen molar-refractivity contribution in [1.82, 2.24) is 15.3 Å². The predicted molar refractivity (Wildman–Crippen MR) is 132 cm³/mol. The minimum Gasteiger partial charge on any atom is -0.493 e. The molecule has 1 aliphatic rings. The monoisotopic (exact) mass is 500 g/mol. The summed E-state index contributed by atoms with van der Waals surface area (Å²) in [7, 11) is 1.31. The van der Waals surface area contributed by atoms with Gasteiger partial charge in [0.05, 0.1) is 49.8 Å². The number of halogens is 2. The number of hydrogen-bond acceptors (Lipinski definition) is 6. The maximum Gasteiger partial charge on any atom is 0.251 e. The van der Waals surface area contributed by atoms with E-state index in [9.17, 15) is 18.8 Å². The van der Waals surface area contributed by atoms with Crippen LogP contribution in [0.15, 0.2) is 54.7 Å². The summed E-state index contributed by atoms with van der Waals surface area (Å²) in [6.45, 7) is 2.60. The van der Waals surface area contributed by atoms with Gasteiger partial charge in [-0.1, -0.05) is 6.07 Å². The highest BCUT2D eigenvalue weighted by Crippen LogP contribution is 2.34. The molecule has 1 aliphatic heterocycles. The zero-order valence-corrected chi connectivity index (χ0v) is 20.1. The van der Waals surface area contributed by atoms with Gasteiger partial charge < -0.3 is 14.8 Å². The van der Waals surface area contributed by atoms with E-state index in [1.165, 1.54) is 13.2 Å². The third kappa shape index (κ3) is 4.59. The van der Waals surface area contributed by atoms with Crippen molar-refractivity contribution in [3.8, 4) is 23.1 Å². The van der Waals surface area contributed by atoms with Crippen molar-refractivity contribution in [2.75, 3.05) is 13.7 Å². The smallest absolute Gasteiger partial charge is 0.251 e. The first kappa shape index (κ1) is 24.3. The van der Waals surface area contributed by atoms with E-state index in [0.717, 1.165) is 22.6 Å². The average molecular weight is 501 g/mol. The minimum absolute atomic E-state index is 0.0982. The molecule has 0 spiro atoms. The van der Waals surface area contributed by atoms with E-state index in [-0.39, 0.29) is 30.4 Å². The van der Waals surface area contributed by atoms with Gasteiger partial charge >= 0.3 is 0 Å². The van der Waals surface area contributed by atoms with Crippen LogP contribution >= 0.6 is 0 Å². The quantitative estimate of drug-likeness (QED) is 0.422. The fourth-order valence-corrected chi connectivity index (χ4v) is 4.43. The highest BCUT2D eigenvalue weighted by molar-refractivity contribution is 5.94. The Morgan fingerprint density at radius 1 is 1.22 bits per heavy atom. The van der Waals surface area contributed by atoms with Gasteiger partial charge in [0.2, 0.25) is 0 Å². The molecule has 1 atom stereocenters. The van der Waals surface area contributed by atoms with Crippen LogP contribution in [-0.2, 0) is 23.3 Å². The summed E-state index contributed by atoms with van der Waals surface area (Å²) in [4.78, 5) is 21.8. The molecule has 0 fully saturated rings. The van der Waals surface area contributed by atoms with Crippen molar-refractivity contribution in [1.29, 1.82) is 5.26 Å². The highest BCUT2D eigenvalue weighted by Gasteiger charge is 2.33. The molecular weight excluding hydrogens is 478 g/mol. The first-order valence-electron chi connectivity index (χ1n) is 11.5. The molecule has 5 rings (SSSR count). The molecule has 2 aromatic carbocycles. The first-order valence-corrected chi connectivity index (χ1v) is 11.5. The van der Waals surface area contributed by atoms with Crippen molar-refractivity contribution < 1.29 is 23.0 Å². The second-order valence-electron chi connectivity index (χ2n) is 9.02. The lowest BCUT2D eigenvalue weighted by molar-refractivity contribution is 0.0757. The molecule has 9 heteroatoms. The molecule has 0 saturated heterocycles. The summed E-state index contributed by atoms with van der Waals surface area (Å²) < 4.78 is 38.7. The second-order valence-corrected chi connectivity index (χ2v) is 9.02. The molecule has 0 aliphatic carbocycles. The Bertz CT molecular complexity index is 1580. The number of nitriles is 1. The van der Waals surface area contributed by atoms with Crippen LogP contribution in [0, 0.1) is 23.0 Å². The van der Waals surface area contributed by atoms with E-state index >= 15 is 0 Å². The number of rotatable bonds is 5. The SMILES string of the molecule is COc1c(F)cc(F)cc1-c1ccc2cnc(CNC(=O)c3ccc4c(c3)[C@](C)(C#N)COC4)cc2n1. The number of nitrogens with zero attached hydrogens (tertiary/aromatic N) is 3. The molecule has 0 radical (unpaired) electrons. The van der Waals surface area contributed by atoms with E-state index < -0.39 is 17.0 Å². The Hall–Kier alpha value is -4.42. The van der Waals surface area contributed by atoms with Crippen LogP contribution in [0.1, 0.15) is 34.1 Å². The van der Waals surface area contributed by atoms with Crippen LogP contribution in [-0.4, -0.2) is 29.6 Å². The molecule has 3 heterocycles. The normalized spacial score (nSPS) is 16.6. The van der Waals surface area contributed by atoms with Crippen LogP contribution in [0.4, 0.5) is 8.78 Å². The van der Waals surface area contributed by atoms with E-state index in [1.807, 2.05) is 6.07 Å². The summed E-state index contributed by atoms with van der Waals surface area (Å²) in [6, 6.07) is 14.5. The number of fused-ring (bicyclic) bond motifs is 2. The Morgan fingerprint density at radius 2 is 2.05 bits per heavy atom. The number of benzene rings is 2. The third-order valence-corrected chi connectivity index (χ3v) is 6.41. The van der Waals surface area contributed by atoms with Gasteiger partial charge in [0.15, 0.2) is 11.6 Å². The Balaban J connectivity index is 1.38. The van der Waals surface area contributed by atoms with Gasteiger partial charge in [-0.15, -0.1) is 0 Å².